The van der Waals surface area contributed by atoms with Crippen molar-refractivity contribution in [1.82, 2.24) is 9.78 Å². The average molecular weight is 230 g/mol. The molecule has 1 aliphatic heterocycles. The van der Waals surface area contributed by atoms with Crippen LogP contribution in [0.15, 0.2) is 23.5 Å². The Morgan fingerprint density at radius 3 is 3.12 bits per heavy atom. The summed E-state index contributed by atoms with van der Waals surface area (Å²) < 4.78 is 1.75. The topological polar surface area (TPSA) is 82.5 Å². The zero-order valence-electron chi connectivity index (χ0n) is 9.17. The molecule has 2 N–H and O–H groups in total. The molecule has 0 saturated carbocycles. The monoisotopic (exact) mass is 230 g/mol. The van der Waals surface area contributed by atoms with Crippen molar-refractivity contribution in [3.63, 3.8) is 0 Å². The molecule has 1 aromatic carbocycles. The number of aromatic nitrogens is 2. The predicted octanol–water partition coefficient (Wildman–Crippen LogP) is 0.293. The van der Waals surface area contributed by atoms with Crippen LogP contribution in [0, 0.1) is 0 Å². The summed E-state index contributed by atoms with van der Waals surface area (Å²) in [5, 5.41) is 8.88. The fraction of sp³-hybridized carbons (Fsp3) is 0.182. The molecule has 0 atom stereocenters. The summed E-state index contributed by atoms with van der Waals surface area (Å²) in [4.78, 5) is 16.3. The number of hydrogen-bond donors (Lipinski definition) is 1. The van der Waals surface area contributed by atoms with Gasteiger partial charge < -0.3 is 10.6 Å². The van der Waals surface area contributed by atoms with E-state index in [1.807, 2.05) is 19.2 Å². The van der Waals surface area contributed by atoms with Gasteiger partial charge in [-0.25, -0.2) is 0 Å². The molecule has 0 spiro atoms. The van der Waals surface area contributed by atoms with E-state index in [4.69, 9.17) is 10.6 Å². The first-order valence-electron chi connectivity index (χ1n) is 5.12. The van der Waals surface area contributed by atoms with Gasteiger partial charge in [0.2, 0.25) is 0 Å². The molecule has 1 amide bonds. The van der Waals surface area contributed by atoms with Gasteiger partial charge >= 0.3 is 0 Å². The molecule has 6 heteroatoms. The number of benzene rings is 1. The quantitative estimate of drug-likeness (QED) is 0.764. The van der Waals surface area contributed by atoms with E-state index >= 15 is 0 Å². The molecule has 0 radical (unpaired) electrons. The van der Waals surface area contributed by atoms with Gasteiger partial charge in [0.15, 0.2) is 5.71 Å². The van der Waals surface area contributed by atoms with Gasteiger partial charge in [-0.2, -0.15) is 5.10 Å². The lowest BCUT2D eigenvalue weighted by Gasteiger charge is -2.15. The number of rotatable bonds is 1. The maximum atomic E-state index is 11.3. The van der Waals surface area contributed by atoms with Gasteiger partial charge in [0.25, 0.3) is 5.91 Å². The van der Waals surface area contributed by atoms with Crippen LogP contribution < -0.4 is 5.73 Å². The van der Waals surface area contributed by atoms with Gasteiger partial charge in [0, 0.05) is 23.6 Å². The van der Waals surface area contributed by atoms with Crippen molar-refractivity contribution in [1.29, 1.82) is 0 Å². The molecule has 6 nitrogen and oxygen atoms in total. The summed E-state index contributed by atoms with van der Waals surface area (Å²) in [7, 11) is 1.85. The molecule has 0 saturated heterocycles. The Kier molecular flexibility index (Phi) is 1.91. The van der Waals surface area contributed by atoms with E-state index in [2.05, 4.69) is 10.3 Å². The van der Waals surface area contributed by atoms with E-state index in [0.717, 1.165) is 22.0 Å². The second-order valence-electron chi connectivity index (χ2n) is 3.88. The third kappa shape index (κ3) is 1.30. The Hall–Kier alpha value is -2.37. The molecule has 3 rings (SSSR count). The molecule has 86 valence electrons. The molecular weight excluding hydrogens is 220 g/mol. The van der Waals surface area contributed by atoms with E-state index < -0.39 is 5.91 Å². The van der Waals surface area contributed by atoms with Crippen LogP contribution in [0.5, 0.6) is 0 Å². The van der Waals surface area contributed by atoms with E-state index in [1.165, 1.54) is 0 Å². The maximum absolute atomic E-state index is 11.3. The minimum atomic E-state index is -0.590. The highest BCUT2D eigenvalue weighted by Gasteiger charge is 2.23. The number of primary amides is 1. The van der Waals surface area contributed by atoms with Crippen LogP contribution >= 0.6 is 0 Å². The number of nitrogens with zero attached hydrogens (tertiary/aromatic N) is 3. The number of nitrogens with two attached hydrogens (primary N) is 1. The highest BCUT2D eigenvalue weighted by atomic mass is 16.6. The fourth-order valence-electron chi connectivity index (χ4n) is 2.10. The molecule has 1 aliphatic rings. The number of carbonyl (C=O) groups is 1. The smallest absolute Gasteiger partial charge is 0.271 e. The minimum absolute atomic E-state index is 0.161. The van der Waals surface area contributed by atoms with Crippen LogP contribution in [0.1, 0.15) is 11.1 Å². The highest BCUT2D eigenvalue weighted by molar-refractivity contribution is 6.45. The van der Waals surface area contributed by atoms with Crippen molar-refractivity contribution >= 4 is 22.5 Å². The zero-order valence-corrected chi connectivity index (χ0v) is 9.17. The van der Waals surface area contributed by atoms with Crippen LogP contribution in [0.4, 0.5) is 0 Å². The lowest BCUT2D eigenvalue weighted by molar-refractivity contribution is -0.112. The molecule has 17 heavy (non-hydrogen) atoms. The van der Waals surface area contributed by atoms with Crippen LogP contribution in [0.25, 0.3) is 10.9 Å². The number of oxime groups is 1. The van der Waals surface area contributed by atoms with Crippen LogP contribution in [0.2, 0.25) is 0 Å². The Bertz CT molecular complexity index is 657. The van der Waals surface area contributed by atoms with Gasteiger partial charge in [-0.05, 0) is 0 Å². The summed E-state index contributed by atoms with van der Waals surface area (Å²) in [6.07, 6.45) is 1.77. The molecule has 2 heterocycles. The van der Waals surface area contributed by atoms with Gasteiger partial charge in [-0.1, -0.05) is 17.3 Å². The van der Waals surface area contributed by atoms with Crippen molar-refractivity contribution in [2.24, 2.45) is 17.9 Å². The van der Waals surface area contributed by atoms with Crippen molar-refractivity contribution in [3.05, 3.63) is 29.5 Å². The number of hydrogen-bond acceptors (Lipinski definition) is 4. The van der Waals surface area contributed by atoms with Gasteiger partial charge in [-0.15, -0.1) is 0 Å². The average Bonchev–Trinajstić information content (AvgIpc) is 2.70. The number of carbonyl (C=O) groups excluding carboxylic acids is 1. The third-order valence-corrected chi connectivity index (χ3v) is 2.86. The zero-order chi connectivity index (χ0) is 12.0. The Morgan fingerprint density at radius 2 is 2.35 bits per heavy atom. The van der Waals surface area contributed by atoms with E-state index in [0.29, 0.717) is 6.61 Å². The SMILES string of the molecule is Cn1ncc2ccc3c(c21)CON=C3C(N)=O. The van der Waals surface area contributed by atoms with Crippen LogP contribution in [-0.4, -0.2) is 21.4 Å². The molecule has 0 fully saturated rings. The first-order chi connectivity index (χ1) is 8.18. The third-order valence-electron chi connectivity index (χ3n) is 2.86. The number of fused-ring (bicyclic) bond motifs is 3. The Balaban J connectivity index is 2.35. The highest BCUT2D eigenvalue weighted by Crippen LogP contribution is 2.26. The summed E-state index contributed by atoms with van der Waals surface area (Å²) in [5.74, 6) is -0.590. The van der Waals surface area contributed by atoms with Crippen molar-refractivity contribution < 1.29 is 9.63 Å². The van der Waals surface area contributed by atoms with Crippen LogP contribution in [0.3, 0.4) is 0 Å². The number of amides is 1. The van der Waals surface area contributed by atoms with Crippen molar-refractivity contribution in [3.8, 4) is 0 Å². The molecule has 0 bridgehead atoms. The van der Waals surface area contributed by atoms with Crippen molar-refractivity contribution in [2.75, 3.05) is 0 Å². The van der Waals surface area contributed by atoms with Crippen molar-refractivity contribution in [2.45, 2.75) is 6.61 Å². The lowest BCUT2D eigenvalue weighted by atomic mass is 9.99. The Morgan fingerprint density at radius 1 is 1.53 bits per heavy atom. The van der Waals surface area contributed by atoms with Crippen LogP contribution in [-0.2, 0) is 23.3 Å². The fourth-order valence-corrected chi connectivity index (χ4v) is 2.10. The lowest BCUT2D eigenvalue weighted by Crippen LogP contribution is -2.28. The molecule has 0 unspecified atom stereocenters. The van der Waals surface area contributed by atoms with Gasteiger partial charge in [0.1, 0.15) is 6.61 Å². The second-order valence-corrected chi connectivity index (χ2v) is 3.88. The predicted molar refractivity (Wildman–Crippen MR) is 61.2 cm³/mol. The van der Waals surface area contributed by atoms with Gasteiger partial charge in [0.05, 0.1) is 11.7 Å². The maximum Gasteiger partial charge on any atom is 0.271 e. The first kappa shape index (κ1) is 9.83. The summed E-state index contributed by atoms with van der Waals surface area (Å²) in [5.41, 5.74) is 7.99. The van der Waals surface area contributed by atoms with Gasteiger partial charge in [-0.3, -0.25) is 9.48 Å². The second kappa shape index (κ2) is 3.31. The largest absolute Gasteiger partial charge is 0.390 e. The van der Waals surface area contributed by atoms with E-state index in [1.54, 1.807) is 10.9 Å². The molecular formula is C11H10N4O2. The molecule has 0 aliphatic carbocycles. The summed E-state index contributed by atoms with van der Waals surface area (Å²) >= 11 is 0. The molecule has 2 aromatic rings. The summed E-state index contributed by atoms with van der Waals surface area (Å²) in [6, 6.07) is 3.72. The van der Waals surface area contributed by atoms with E-state index in [-0.39, 0.29) is 5.71 Å². The standard InChI is InChI=1S/C11H10N4O2/c1-15-10-6(4-13-15)2-3-7-8(10)5-17-14-9(7)11(12)16/h2-4H,5H2,1H3,(H2,12,16). The number of aryl methyl sites for hydroxylation is 1. The Labute approximate surface area is 96.6 Å². The van der Waals surface area contributed by atoms with E-state index in [9.17, 15) is 4.79 Å². The molecule has 1 aromatic heterocycles. The first-order valence-corrected chi connectivity index (χ1v) is 5.12. The normalized spacial score (nSPS) is 14.1. The summed E-state index contributed by atoms with van der Waals surface area (Å²) in [6.45, 7) is 0.322. The minimum Gasteiger partial charge on any atom is -0.390 e.